The average Bonchev–Trinajstić information content (AvgIpc) is 2.58. The highest BCUT2D eigenvalue weighted by Gasteiger charge is 2.15. The molecule has 0 saturated heterocycles. The van der Waals surface area contributed by atoms with Gasteiger partial charge in [-0.3, -0.25) is 9.59 Å². The summed E-state index contributed by atoms with van der Waals surface area (Å²) in [5.41, 5.74) is 3.19. The van der Waals surface area contributed by atoms with Crippen molar-refractivity contribution in [1.82, 2.24) is 0 Å². The molecule has 2 amide bonds. The zero-order valence-electron chi connectivity index (χ0n) is 14.6. The van der Waals surface area contributed by atoms with Gasteiger partial charge in [-0.05, 0) is 62.7 Å². The van der Waals surface area contributed by atoms with Crippen LogP contribution in [0.25, 0.3) is 0 Å². The van der Waals surface area contributed by atoms with E-state index in [9.17, 15) is 9.59 Å². The lowest BCUT2D eigenvalue weighted by Crippen LogP contribution is -2.29. The number of carbonyl (C=O) groups is 2. The zero-order valence-corrected chi connectivity index (χ0v) is 16.2. The maximum absolute atomic E-state index is 12.1. The number of nitrogens with zero attached hydrogens (tertiary/aromatic N) is 1. The molecule has 2 aromatic rings. The maximum Gasteiger partial charge on any atom is 0.314 e. The van der Waals surface area contributed by atoms with Gasteiger partial charge in [-0.15, -0.1) is 0 Å². The van der Waals surface area contributed by atoms with Crippen LogP contribution in [0.1, 0.15) is 19.4 Å². The number of nitrogens with one attached hydrogen (secondary N) is 2. The molecule has 0 aliphatic heterocycles. The van der Waals surface area contributed by atoms with E-state index in [0.717, 1.165) is 28.8 Å². The van der Waals surface area contributed by atoms with Crippen molar-refractivity contribution in [1.29, 1.82) is 0 Å². The lowest BCUT2D eigenvalue weighted by atomic mass is 10.1. The molecule has 132 valence electrons. The van der Waals surface area contributed by atoms with E-state index in [1.54, 1.807) is 18.2 Å². The van der Waals surface area contributed by atoms with Gasteiger partial charge in [0.2, 0.25) is 0 Å². The van der Waals surface area contributed by atoms with Crippen molar-refractivity contribution < 1.29 is 9.59 Å². The van der Waals surface area contributed by atoms with Crippen molar-refractivity contribution in [3.8, 4) is 0 Å². The van der Waals surface area contributed by atoms with E-state index >= 15 is 0 Å². The van der Waals surface area contributed by atoms with Gasteiger partial charge < -0.3 is 15.5 Å². The summed E-state index contributed by atoms with van der Waals surface area (Å²) in [5.74, 6) is -1.40. The summed E-state index contributed by atoms with van der Waals surface area (Å²) in [6.45, 7) is 7.93. The van der Waals surface area contributed by atoms with Crippen LogP contribution in [0.4, 0.5) is 17.1 Å². The molecule has 2 aromatic carbocycles. The Hall–Kier alpha value is -2.34. The third-order valence-electron chi connectivity index (χ3n) is 3.88. The molecule has 0 fully saturated rings. The SMILES string of the molecule is CCN(CC)c1ccc(NC(=O)C(=O)Nc2cccc(Br)c2)c(C)c1. The Morgan fingerprint density at radius 2 is 1.68 bits per heavy atom. The fourth-order valence-corrected chi connectivity index (χ4v) is 2.91. The van der Waals surface area contributed by atoms with Crippen LogP contribution in [0.5, 0.6) is 0 Å². The van der Waals surface area contributed by atoms with E-state index in [1.165, 1.54) is 0 Å². The van der Waals surface area contributed by atoms with Gasteiger partial charge in [0.05, 0.1) is 0 Å². The van der Waals surface area contributed by atoms with E-state index in [2.05, 4.69) is 45.3 Å². The number of hydrogen-bond acceptors (Lipinski definition) is 3. The summed E-state index contributed by atoms with van der Waals surface area (Å²) in [6, 6.07) is 12.9. The molecule has 0 aromatic heterocycles. The van der Waals surface area contributed by atoms with Crippen LogP contribution in [-0.2, 0) is 9.59 Å². The fraction of sp³-hybridized carbons (Fsp3) is 0.263. The standard InChI is InChI=1S/C19H22BrN3O2/c1-4-23(5-2)16-9-10-17(13(3)11-16)22-19(25)18(24)21-15-8-6-7-14(20)12-15/h6-12H,4-5H2,1-3H3,(H,21,24)(H,22,25). The van der Waals surface area contributed by atoms with Crippen LogP contribution in [0.15, 0.2) is 46.9 Å². The Morgan fingerprint density at radius 3 is 2.28 bits per heavy atom. The first kappa shape index (κ1) is 19.0. The van der Waals surface area contributed by atoms with Crippen LogP contribution >= 0.6 is 15.9 Å². The smallest absolute Gasteiger partial charge is 0.314 e. The Labute approximate surface area is 156 Å². The molecule has 6 heteroatoms. The number of amides is 2. The first-order chi connectivity index (χ1) is 11.9. The van der Waals surface area contributed by atoms with Crippen molar-refractivity contribution in [2.75, 3.05) is 28.6 Å². The highest BCUT2D eigenvalue weighted by atomic mass is 79.9. The molecule has 0 bridgehead atoms. The summed E-state index contributed by atoms with van der Waals surface area (Å²) in [4.78, 5) is 26.4. The molecule has 0 aliphatic carbocycles. The number of benzene rings is 2. The number of halogens is 1. The largest absolute Gasteiger partial charge is 0.372 e. The van der Waals surface area contributed by atoms with E-state index in [4.69, 9.17) is 0 Å². The van der Waals surface area contributed by atoms with Crippen LogP contribution in [0.3, 0.4) is 0 Å². The van der Waals surface area contributed by atoms with Gasteiger partial charge in [0.15, 0.2) is 0 Å². The number of carbonyl (C=O) groups excluding carboxylic acids is 2. The quantitative estimate of drug-likeness (QED) is 0.735. The van der Waals surface area contributed by atoms with Crippen LogP contribution in [0, 0.1) is 6.92 Å². The molecule has 2 N–H and O–H groups in total. The predicted octanol–water partition coefficient (Wildman–Crippen LogP) is 4.18. The molecule has 0 unspecified atom stereocenters. The normalized spacial score (nSPS) is 10.2. The first-order valence-corrected chi connectivity index (χ1v) is 8.97. The lowest BCUT2D eigenvalue weighted by molar-refractivity contribution is -0.133. The van der Waals surface area contributed by atoms with Gasteiger partial charge >= 0.3 is 11.8 Å². The van der Waals surface area contributed by atoms with Crippen molar-refractivity contribution in [2.24, 2.45) is 0 Å². The first-order valence-electron chi connectivity index (χ1n) is 8.18. The second-order valence-corrected chi connectivity index (χ2v) is 6.51. The molecular formula is C19H22BrN3O2. The van der Waals surface area contributed by atoms with Crippen molar-refractivity contribution in [3.63, 3.8) is 0 Å². The molecule has 0 saturated carbocycles. The number of anilines is 3. The number of rotatable bonds is 5. The third kappa shape index (κ3) is 5.06. The van der Waals surface area contributed by atoms with Gasteiger partial charge in [0.1, 0.15) is 0 Å². The Balaban J connectivity index is 2.05. The maximum atomic E-state index is 12.1. The summed E-state index contributed by atoms with van der Waals surface area (Å²) in [6.07, 6.45) is 0. The van der Waals surface area contributed by atoms with E-state index in [1.807, 2.05) is 31.2 Å². The minimum Gasteiger partial charge on any atom is -0.372 e. The van der Waals surface area contributed by atoms with Gasteiger partial charge in [-0.25, -0.2) is 0 Å². The van der Waals surface area contributed by atoms with Gasteiger partial charge in [0, 0.05) is 34.6 Å². The summed E-state index contributed by atoms with van der Waals surface area (Å²) >= 11 is 3.33. The van der Waals surface area contributed by atoms with Gasteiger partial charge in [-0.1, -0.05) is 22.0 Å². The predicted molar refractivity (Wildman–Crippen MR) is 106 cm³/mol. The third-order valence-corrected chi connectivity index (χ3v) is 4.37. The van der Waals surface area contributed by atoms with Gasteiger partial charge in [-0.2, -0.15) is 0 Å². The monoisotopic (exact) mass is 403 g/mol. The highest BCUT2D eigenvalue weighted by Crippen LogP contribution is 2.23. The van der Waals surface area contributed by atoms with Crippen molar-refractivity contribution in [3.05, 3.63) is 52.5 Å². The van der Waals surface area contributed by atoms with Crippen molar-refractivity contribution in [2.45, 2.75) is 20.8 Å². The Kier molecular flexibility index (Phi) is 6.58. The van der Waals surface area contributed by atoms with E-state index in [0.29, 0.717) is 11.4 Å². The lowest BCUT2D eigenvalue weighted by Gasteiger charge is -2.22. The molecule has 0 spiro atoms. The second-order valence-electron chi connectivity index (χ2n) is 5.59. The molecule has 0 heterocycles. The van der Waals surface area contributed by atoms with E-state index < -0.39 is 11.8 Å². The summed E-state index contributed by atoms with van der Waals surface area (Å²) < 4.78 is 0.827. The molecule has 2 rings (SSSR count). The Morgan fingerprint density at radius 1 is 1.00 bits per heavy atom. The topological polar surface area (TPSA) is 61.4 Å². The van der Waals surface area contributed by atoms with Crippen LogP contribution in [0.2, 0.25) is 0 Å². The average molecular weight is 404 g/mol. The molecule has 25 heavy (non-hydrogen) atoms. The molecular weight excluding hydrogens is 382 g/mol. The molecule has 0 aliphatic rings. The van der Waals surface area contributed by atoms with Crippen LogP contribution < -0.4 is 15.5 Å². The van der Waals surface area contributed by atoms with Crippen molar-refractivity contribution >= 4 is 44.8 Å². The zero-order chi connectivity index (χ0) is 18.4. The summed E-state index contributed by atoms with van der Waals surface area (Å²) in [7, 11) is 0. The molecule has 0 radical (unpaired) electrons. The second kappa shape index (κ2) is 8.67. The molecule has 0 atom stereocenters. The summed E-state index contributed by atoms with van der Waals surface area (Å²) in [5, 5.41) is 5.25. The number of aryl methyl sites for hydroxylation is 1. The Bertz CT molecular complexity index is 773. The number of hydrogen-bond donors (Lipinski definition) is 2. The minimum absolute atomic E-state index is 0.558. The minimum atomic E-state index is -0.703. The highest BCUT2D eigenvalue weighted by molar-refractivity contribution is 9.10. The fourth-order valence-electron chi connectivity index (χ4n) is 2.51. The van der Waals surface area contributed by atoms with Crippen LogP contribution in [-0.4, -0.2) is 24.9 Å². The van der Waals surface area contributed by atoms with Gasteiger partial charge in [0.25, 0.3) is 0 Å². The van der Waals surface area contributed by atoms with E-state index in [-0.39, 0.29) is 0 Å². The molecule has 5 nitrogen and oxygen atoms in total.